The zero-order valence-corrected chi connectivity index (χ0v) is 15.2. The molecule has 2 aromatic rings. The summed E-state index contributed by atoms with van der Waals surface area (Å²) in [4.78, 5) is 2.44. The highest BCUT2D eigenvalue weighted by Gasteiger charge is 2.22. The Labute approximate surface area is 151 Å². The maximum absolute atomic E-state index is 10.7. The summed E-state index contributed by atoms with van der Waals surface area (Å²) in [5, 5.41) is 12.1. The first kappa shape index (κ1) is 17.8. The number of aliphatic hydroxyl groups excluding tert-OH is 1. The van der Waals surface area contributed by atoms with Crippen molar-refractivity contribution in [2.45, 2.75) is 57.6 Å². The van der Waals surface area contributed by atoms with E-state index in [4.69, 9.17) is 0 Å². The molecule has 1 aliphatic heterocycles. The van der Waals surface area contributed by atoms with Gasteiger partial charge in [0.1, 0.15) is 0 Å². The van der Waals surface area contributed by atoms with Crippen LogP contribution in [-0.4, -0.2) is 40.3 Å². The minimum atomic E-state index is -0.269. The highest BCUT2D eigenvalue weighted by atomic mass is 35.5. The van der Waals surface area contributed by atoms with Gasteiger partial charge in [-0.1, -0.05) is 24.6 Å². The van der Waals surface area contributed by atoms with E-state index >= 15 is 0 Å². The predicted octanol–water partition coefficient (Wildman–Crippen LogP) is 3.79. The number of halogens is 1. The zero-order valence-electron chi connectivity index (χ0n) is 14.4. The van der Waals surface area contributed by atoms with E-state index in [9.17, 15) is 5.11 Å². The molecule has 4 rings (SSSR count). The molecule has 2 heterocycles. The van der Waals surface area contributed by atoms with E-state index in [2.05, 4.69) is 33.7 Å². The summed E-state index contributed by atoms with van der Waals surface area (Å²) >= 11 is 0. The molecule has 3 nitrogen and oxygen atoms in total. The second-order valence-electron chi connectivity index (χ2n) is 7.28. The molecule has 0 bridgehead atoms. The fraction of sp³-hybridized carbons (Fsp3) is 0.600. The van der Waals surface area contributed by atoms with Gasteiger partial charge in [-0.05, 0) is 63.2 Å². The van der Waals surface area contributed by atoms with Crippen LogP contribution in [0.2, 0.25) is 0 Å². The van der Waals surface area contributed by atoms with E-state index in [1.54, 1.807) is 0 Å². The van der Waals surface area contributed by atoms with Gasteiger partial charge in [0.05, 0.1) is 12.6 Å². The van der Waals surface area contributed by atoms with Crippen molar-refractivity contribution in [2.24, 2.45) is 0 Å². The number of hydrogen-bond acceptors (Lipinski definition) is 2. The second kappa shape index (κ2) is 7.90. The summed E-state index contributed by atoms with van der Waals surface area (Å²) < 4.78 is 2.42. The molecule has 4 heteroatoms. The summed E-state index contributed by atoms with van der Waals surface area (Å²) in [6.45, 7) is 3.87. The van der Waals surface area contributed by atoms with Crippen molar-refractivity contribution in [1.29, 1.82) is 0 Å². The maximum Gasteiger partial charge on any atom is 0.0845 e. The fourth-order valence-electron chi connectivity index (χ4n) is 4.50. The molecule has 0 spiro atoms. The van der Waals surface area contributed by atoms with Crippen LogP contribution in [0.3, 0.4) is 0 Å². The Hall–Kier alpha value is -1.03. The number of aryl methyl sites for hydroxylation is 1. The normalized spacial score (nSPS) is 19.7. The Balaban J connectivity index is 0.00000169. The average molecular weight is 349 g/mol. The summed E-state index contributed by atoms with van der Waals surface area (Å²) in [5.74, 6) is 0. The molecule has 1 fully saturated rings. The summed E-state index contributed by atoms with van der Waals surface area (Å²) in [6.07, 6.45) is 8.61. The number of β-amino-alcohol motifs (C(OH)–C–C–N with tert-alkyl or cyclic N) is 1. The Kier molecular flexibility index (Phi) is 5.85. The van der Waals surface area contributed by atoms with E-state index < -0.39 is 0 Å². The number of hydrogen-bond donors (Lipinski definition) is 1. The lowest BCUT2D eigenvalue weighted by Gasteiger charge is -2.29. The molecule has 1 N–H and O–H groups in total. The van der Waals surface area contributed by atoms with Gasteiger partial charge in [-0.15, -0.1) is 12.4 Å². The SMILES string of the molecule is Cl.OC(CN1CCCCC1)Cn1c2c(c3ccccc31)CCCC2. The number of rotatable bonds is 4. The third kappa shape index (κ3) is 3.49. The fourth-order valence-corrected chi connectivity index (χ4v) is 4.50. The van der Waals surface area contributed by atoms with Crippen LogP contribution in [0.25, 0.3) is 10.9 Å². The minimum Gasteiger partial charge on any atom is -0.390 e. The Morgan fingerprint density at radius 2 is 1.67 bits per heavy atom. The van der Waals surface area contributed by atoms with E-state index in [1.807, 2.05) is 0 Å². The van der Waals surface area contributed by atoms with Gasteiger partial charge in [0.15, 0.2) is 0 Å². The van der Waals surface area contributed by atoms with Gasteiger partial charge < -0.3 is 14.6 Å². The zero-order chi connectivity index (χ0) is 15.6. The highest BCUT2D eigenvalue weighted by Crippen LogP contribution is 2.32. The van der Waals surface area contributed by atoms with E-state index in [0.717, 1.165) is 26.2 Å². The molecular formula is C20H29ClN2O. The van der Waals surface area contributed by atoms with Crippen molar-refractivity contribution in [1.82, 2.24) is 9.47 Å². The summed E-state index contributed by atoms with van der Waals surface area (Å²) in [6, 6.07) is 8.75. The number of nitrogens with zero attached hydrogens (tertiary/aromatic N) is 2. The van der Waals surface area contributed by atoms with Crippen LogP contribution in [0.5, 0.6) is 0 Å². The Morgan fingerprint density at radius 3 is 2.50 bits per heavy atom. The molecule has 2 aliphatic rings. The van der Waals surface area contributed by atoms with Crippen LogP contribution >= 0.6 is 12.4 Å². The first-order valence-electron chi connectivity index (χ1n) is 9.32. The van der Waals surface area contributed by atoms with Crippen molar-refractivity contribution >= 4 is 23.3 Å². The number of aliphatic hydroxyl groups is 1. The molecule has 1 aromatic heterocycles. The maximum atomic E-state index is 10.7. The summed E-state index contributed by atoms with van der Waals surface area (Å²) in [5.41, 5.74) is 4.34. The van der Waals surface area contributed by atoms with Crippen LogP contribution in [0.15, 0.2) is 24.3 Å². The lowest BCUT2D eigenvalue weighted by Crippen LogP contribution is -2.38. The van der Waals surface area contributed by atoms with Crippen molar-refractivity contribution in [3.8, 4) is 0 Å². The molecular weight excluding hydrogens is 320 g/mol. The molecule has 0 amide bonds. The molecule has 1 atom stereocenters. The monoisotopic (exact) mass is 348 g/mol. The number of aromatic nitrogens is 1. The second-order valence-corrected chi connectivity index (χ2v) is 7.28. The quantitative estimate of drug-likeness (QED) is 0.910. The van der Waals surface area contributed by atoms with Crippen molar-refractivity contribution in [2.75, 3.05) is 19.6 Å². The molecule has 1 unspecified atom stereocenters. The molecule has 1 aliphatic carbocycles. The lowest BCUT2D eigenvalue weighted by molar-refractivity contribution is 0.0886. The van der Waals surface area contributed by atoms with Crippen molar-refractivity contribution < 1.29 is 5.11 Å². The number of likely N-dealkylation sites (tertiary alicyclic amines) is 1. The summed E-state index contributed by atoms with van der Waals surface area (Å²) in [7, 11) is 0. The molecule has 24 heavy (non-hydrogen) atoms. The van der Waals surface area contributed by atoms with Gasteiger partial charge in [-0.25, -0.2) is 0 Å². The third-order valence-corrected chi connectivity index (χ3v) is 5.60. The van der Waals surface area contributed by atoms with E-state index in [0.29, 0.717) is 0 Å². The van der Waals surface area contributed by atoms with Crippen LogP contribution in [0.4, 0.5) is 0 Å². The highest BCUT2D eigenvalue weighted by molar-refractivity contribution is 5.86. The van der Waals surface area contributed by atoms with Crippen LogP contribution in [-0.2, 0) is 19.4 Å². The van der Waals surface area contributed by atoms with Gasteiger partial charge in [-0.2, -0.15) is 0 Å². The van der Waals surface area contributed by atoms with Gasteiger partial charge in [0.25, 0.3) is 0 Å². The molecule has 1 saturated heterocycles. The van der Waals surface area contributed by atoms with Crippen LogP contribution < -0.4 is 0 Å². The number of fused-ring (bicyclic) bond motifs is 3. The van der Waals surface area contributed by atoms with Gasteiger partial charge in [-0.3, -0.25) is 0 Å². The Bertz CT molecular complexity index is 676. The first-order chi connectivity index (χ1) is 11.3. The largest absolute Gasteiger partial charge is 0.390 e. The molecule has 0 radical (unpaired) electrons. The van der Waals surface area contributed by atoms with E-state index in [-0.39, 0.29) is 18.5 Å². The van der Waals surface area contributed by atoms with Crippen molar-refractivity contribution in [3.63, 3.8) is 0 Å². The first-order valence-corrected chi connectivity index (χ1v) is 9.32. The average Bonchev–Trinajstić information content (AvgIpc) is 2.90. The van der Waals surface area contributed by atoms with Crippen LogP contribution in [0.1, 0.15) is 43.4 Å². The molecule has 0 saturated carbocycles. The van der Waals surface area contributed by atoms with Crippen molar-refractivity contribution in [3.05, 3.63) is 35.5 Å². The number of benzene rings is 1. The molecule has 1 aromatic carbocycles. The third-order valence-electron chi connectivity index (χ3n) is 5.60. The van der Waals surface area contributed by atoms with Gasteiger partial charge >= 0.3 is 0 Å². The predicted molar refractivity (Wildman–Crippen MR) is 102 cm³/mol. The Morgan fingerprint density at radius 1 is 0.917 bits per heavy atom. The van der Waals surface area contributed by atoms with E-state index in [1.165, 1.54) is 67.1 Å². The smallest absolute Gasteiger partial charge is 0.0845 e. The number of piperidine rings is 1. The minimum absolute atomic E-state index is 0. The number of para-hydroxylation sites is 1. The lowest BCUT2D eigenvalue weighted by atomic mass is 9.95. The van der Waals surface area contributed by atoms with Gasteiger partial charge in [0, 0.05) is 23.1 Å². The van der Waals surface area contributed by atoms with Gasteiger partial charge in [0.2, 0.25) is 0 Å². The topological polar surface area (TPSA) is 28.4 Å². The standard InChI is InChI=1S/C20H28N2O.ClH/c23-16(14-21-12-6-1-7-13-21)15-22-19-10-4-2-8-17(19)18-9-3-5-11-20(18)22;/h2,4,8,10,16,23H,1,3,5-7,9,11-15H2;1H. The van der Waals surface area contributed by atoms with Crippen LogP contribution in [0, 0.1) is 0 Å². The molecule has 132 valence electrons.